The van der Waals surface area contributed by atoms with Crippen molar-refractivity contribution in [2.24, 2.45) is 4.99 Å². The van der Waals surface area contributed by atoms with Crippen LogP contribution in [-0.4, -0.2) is 59.4 Å². The van der Waals surface area contributed by atoms with Gasteiger partial charge in [-0.1, -0.05) is 4.99 Å². The van der Waals surface area contributed by atoms with Crippen molar-refractivity contribution >= 4 is 23.7 Å². The van der Waals surface area contributed by atoms with Crippen LogP contribution in [-0.2, 0) is 16.1 Å². The fraction of sp³-hybridized carbons (Fsp3) is 0.600. The number of aliphatic imine (C=N–C) groups is 1. The molecule has 0 bridgehead atoms. The molecule has 0 spiro atoms. The van der Waals surface area contributed by atoms with E-state index in [-0.39, 0.29) is 11.9 Å². The normalized spacial score (nSPS) is 20.0. The minimum Gasteiger partial charge on any atom is -0.378 e. The molecule has 8 heteroatoms. The lowest BCUT2D eigenvalue weighted by atomic mass is 10.1. The summed E-state index contributed by atoms with van der Waals surface area (Å²) < 4.78 is 9.40. The summed E-state index contributed by atoms with van der Waals surface area (Å²) in [5.41, 5.74) is 2.03. The van der Waals surface area contributed by atoms with Gasteiger partial charge in [0.2, 0.25) is 11.9 Å². The third-order valence-electron chi connectivity index (χ3n) is 4.61. The van der Waals surface area contributed by atoms with Crippen molar-refractivity contribution < 1.29 is 18.9 Å². The molecule has 3 amide bonds. The highest BCUT2D eigenvalue weighted by Crippen LogP contribution is 2.34. The lowest BCUT2D eigenvalue weighted by molar-refractivity contribution is -0.690. The topological polar surface area (TPSA) is 71.0 Å². The van der Waals surface area contributed by atoms with Gasteiger partial charge in [0.15, 0.2) is 0 Å². The van der Waals surface area contributed by atoms with Crippen molar-refractivity contribution in [3.63, 3.8) is 0 Å². The average Bonchev–Trinajstić information content (AvgIpc) is 3.02. The van der Waals surface area contributed by atoms with Crippen LogP contribution >= 0.6 is 0 Å². The van der Waals surface area contributed by atoms with E-state index in [1.54, 1.807) is 7.05 Å². The number of urea groups is 1. The molecule has 3 heterocycles. The van der Waals surface area contributed by atoms with Gasteiger partial charge in [-0.2, -0.15) is 0 Å². The SMILES string of the molecule is CCOCC[n+]1c(C)c(C)n2c1N=C1C2C(=O)N(C)C(=O)N1C. The highest BCUT2D eigenvalue weighted by molar-refractivity contribution is 6.20. The van der Waals surface area contributed by atoms with Gasteiger partial charge in [0.25, 0.3) is 5.91 Å². The van der Waals surface area contributed by atoms with Crippen LogP contribution in [0.15, 0.2) is 4.99 Å². The van der Waals surface area contributed by atoms with E-state index < -0.39 is 6.04 Å². The molecule has 1 aromatic rings. The van der Waals surface area contributed by atoms with Crippen molar-refractivity contribution in [1.29, 1.82) is 0 Å². The number of imide groups is 1. The number of nitrogens with zero attached hydrogens (tertiary/aromatic N) is 5. The summed E-state index contributed by atoms with van der Waals surface area (Å²) in [6.07, 6.45) is 0. The van der Waals surface area contributed by atoms with Crippen LogP contribution in [0.4, 0.5) is 10.7 Å². The highest BCUT2D eigenvalue weighted by Gasteiger charge is 2.53. The van der Waals surface area contributed by atoms with Gasteiger partial charge in [0.05, 0.1) is 13.2 Å². The van der Waals surface area contributed by atoms with Crippen LogP contribution in [0.1, 0.15) is 24.4 Å². The van der Waals surface area contributed by atoms with Crippen LogP contribution in [0.25, 0.3) is 0 Å². The second kappa shape index (κ2) is 5.45. The largest absolute Gasteiger partial charge is 0.402 e. The number of ether oxygens (including phenoxy) is 1. The minimum absolute atomic E-state index is 0.249. The summed E-state index contributed by atoms with van der Waals surface area (Å²) in [6, 6.07) is -0.921. The molecule has 0 radical (unpaired) electrons. The second-order valence-corrected chi connectivity index (χ2v) is 5.80. The molecule has 0 aromatic carbocycles. The molecule has 1 unspecified atom stereocenters. The maximum atomic E-state index is 12.6. The summed E-state index contributed by atoms with van der Waals surface area (Å²) in [6.45, 7) is 7.83. The molecular weight excluding hydrogens is 298 g/mol. The minimum atomic E-state index is -0.565. The number of imidazole rings is 1. The Kier molecular flexibility index (Phi) is 3.71. The maximum Gasteiger partial charge on any atom is 0.402 e. The molecule has 2 aliphatic rings. The van der Waals surface area contributed by atoms with Crippen LogP contribution in [0, 0.1) is 13.8 Å². The molecular formula is C15H22N5O3+. The van der Waals surface area contributed by atoms with Gasteiger partial charge >= 0.3 is 12.0 Å². The molecule has 1 aromatic heterocycles. The van der Waals surface area contributed by atoms with Gasteiger partial charge in [0.1, 0.15) is 11.4 Å². The Bertz CT molecular complexity index is 721. The molecule has 1 atom stereocenters. The molecule has 0 N–H and O–H groups in total. The van der Waals surface area contributed by atoms with Crippen LogP contribution in [0.3, 0.4) is 0 Å². The Balaban J connectivity index is 2.07. The zero-order valence-corrected chi connectivity index (χ0v) is 14.2. The van der Waals surface area contributed by atoms with Crippen molar-refractivity contribution in [2.75, 3.05) is 27.3 Å². The van der Waals surface area contributed by atoms with Crippen LogP contribution in [0.5, 0.6) is 0 Å². The molecule has 1 saturated heterocycles. The smallest absolute Gasteiger partial charge is 0.378 e. The second-order valence-electron chi connectivity index (χ2n) is 5.80. The molecule has 1 fully saturated rings. The van der Waals surface area contributed by atoms with Crippen molar-refractivity contribution in [3.8, 4) is 0 Å². The number of likely N-dealkylation sites (N-methyl/N-ethyl adjacent to an activating group) is 2. The number of amides is 3. The maximum absolute atomic E-state index is 12.6. The van der Waals surface area contributed by atoms with E-state index in [9.17, 15) is 9.59 Å². The molecule has 2 aliphatic heterocycles. The van der Waals surface area contributed by atoms with Gasteiger partial charge in [-0.25, -0.2) is 13.9 Å². The number of aromatic nitrogens is 2. The first-order valence-corrected chi connectivity index (χ1v) is 7.72. The molecule has 23 heavy (non-hydrogen) atoms. The number of carbonyl (C=O) groups is 2. The number of fused-ring (bicyclic) bond motifs is 3. The lowest BCUT2D eigenvalue weighted by Gasteiger charge is -2.30. The standard InChI is InChI=1S/C15H22N5O3/c1-6-23-8-7-19-9(2)10(3)20-11-12(16-14(19)20)17(4)15(22)18(5)13(11)21/h11H,6-8H2,1-5H3/q+1. The summed E-state index contributed by atoms with van der Waals surface area (Å²) in [5.74, 6) is 0.935. The zero-order valence-electron chi connectivity index (χ0n) is 14.2. The number of amidine groups is 1. The van der Waals surface area contributed by atoms with E-state index in [1.165, 1.54) is 11.9 Å². The fourth-order valence-corrected chi connectivity index (χ4v) is 3.15. The van der Waals surface area contributed by atoms with Crippen molar-refractivity contribution in [3.05, 3.63) is 11.4 Å². The first kappa shape index (κ1) is 15.7. The summed E-state index contributed by atoms with van der Waals surface area (Å²) in [7, 11) is 3.15. The van der Waals surface area contributed by atoms with E-state index in [0.717, 1.165) is 16.3 Å². The zero-order chi connectivity index (χ0) is 16.9. The van der Waals surface area contributed by atoms with E-state index >= 15 is 0 Å². The third kappa shape index (κ3) is 2.08. The van der Waals surface area contributed by atoms with Gasteiger partial charge in [0, 0.05) is 20.7 Å². The Morgan fingerprint density at radius 1 is 1.22 bits per heavy atom. The van der Waals surface area contributed by atoms with Gasteiger partial charge < -0.3 is 4.74 Å². The number of hydrogen-bond acceptors (Lipinski definition) is 4. The van der Waals surface area contributed by atoms with E-state index in [0.29, 0.717) is 31.5 Å². The number of carbonyl (C=O) groups excluding carboxylic acids is 2. The molecule has 124 valence electrons. The van der Waals surface area contributed by atoms with Crippen molar-refractivity contribution in [2.45, 2.75) is 33.4 Å². The van der Waals surface area contributed by atoms with Crippen LogP contribution in [0.2, 0.25) is 0 Å². The van der Waals surface area contributed by atoms with Gasteiger partial charge in [-0.05, 0) is 20.8 Å². The van der Waals surface area contributed by atoms with E-state index in [2.05, 4.69) is 4.99 Å². The Hall–Kier alpha value is -2.22. The first-order chi connectivity index (χ1) is 10.9. The average molecular weight is 320 g/mol. The Labute approximate surface area is 134 Å². The molecule has 8 nitrogen and oxygen atoms in total. The van der Waals surface area contributed by atoms with Crippen molar-refractivity contribution in [1.82, 2.24) is 14.4 Å². The first-order valence-electron chi connectivity index (χ1n) is 7.72. The predicted molar refractivity (Wildman–Crippen MR) is 82.7 cm³/mol. The Morgan fingerprint density at radius 3 is 2.57 bits per heavy atom. The van der Waals surface area contributed by atoms with E-state index in [4.69, 9.17) is 4.74 Å². The molecule has 0 saturated carbocycles. The summed E-state index contributed by atoms with van der Waals surface area (Å²) in [4.78, 5) is 31.9. The quantitative estimate of drug-likeness (QED) is 0.600. The highest BCUT2D eigenvalue weighted by atomic mass is 16.5. The summed E-state index contributed by atoms with van der Waals surface area (Å²) in [5, 5.41) is 0. The monoisotopic (exact) mass is 320 g/mol. The predicted octanol–water partition coefficient (Wildman–Crippen LogP) is 0.537. The number of rotatable bonds is 4. The fourth-order valence-electron chi connectivity index (χ4n) is 3.15. The lowest BCUT2D eigenvalue weighted by Crippen LogP contribution is -2.56. The summed E-state index contributed by atoms with van der Waals surface area (Å²) >= 11 is 0. The van der Waals surface area contributed by atoms with Crippen LogP contribution < -0.4 is 4.57 Å². The molecule has 3 rings (SSSR count). The Morgan fingerprint density at radius 2 is 1.91 bits per heavy atom. The van der Waals surface area contributed by atoms with Gasteiger partial charge in [-0.3, -0.25) is 14.6 Å². The third-order valence-corrected chi connectivity index (χ3v) is 4.61. The number of hydrogen-bond donors (Lipinski definition) is 0. The molecule has 0 aliphatic carbocycles. The van der Waals surface area contributed by atoms with E-state index in [1.807, 2.05) is 29.9 Å². The van der Waals surface area contributed by atoms with Gasteiger partial charge in [-0.15, -0.1) is 0 Å².